The van der Waals surface area contributed by atoms with Crippen LogP contribution in [0.4, 0.5) is 26.3 Å². The van der Waals surface area contributed by atoms with E-state index in [1.165, 1.54) is 0 Å². The summed E-state index contributed by atoms with van der Waals surface area (Å²) < 4.78 is 90.7. The second-order valence-electron chi connectivity index (χ2n) is 5.98. The van der Waals surface area contributed by atoms with Gasteiger partial charge in [-0.05, 0) is 0 Å². The van der Waals surface area contributed by atoms with E-state index in [-0.39, 0.29) is 0 Å². The van der Waals surface area contributed by atoms with Gasteiger partial charge >= 0.3 is 24.3 Å². The summed E-state index contributed by atoms with van der Waals surface area (Å²) in [6.07, 6.45) is -19.9. The number of hydrogen-bond donors (Lipinski definition) is 3. The molecule has 0 spiro atoms. The first-order valence-electron chi connectivity index (χ1n) is 7.85. The minimum atomic E-state index is -4.99. The van der Waals surface area contributed by atoms with Gasteiger partial charge in [-0.2, -0.15) is 26.3 Å². The van der Waals surface area contributed by atoms with Crippen molar-refractivity contribution in [1.82, 2.24) is 0 Å². The first-order valence-corrected chi connectivity index (χ1v) is 7.85. The van der Waals surface area contributed by atoms with E-state index in [1.54, 1.807) is 0 Å². The molecule has 0 aliphatic carbocycles. The molecule has 0 aromatic carbocycles. The highest BCUT2D eigenvalue weighted by Crippen LogP contribution is 2.28. The third-order valence-electron chi connectivity index (χ3n) is 3.69. The number of ether oxygens (including phenoxy) is 4. The zero-order chi connectivity index (χ0) is 22.6. The standard InChI is InChI=1S/C14H18F6O9/c1-26-12-9(23)8(22)7(21)6(29-12)2-5(10(24)27-3-13(15,16)17)11(25)28-4-14(18,19)20/h5-9,12,21-23H,2-4H2,1H3/t6?,7-,8-,9?,12+/m0/s1. The van der Waals surface area contributed by atoms with Crippen LogP contribution in [0.25, 0.3) is 0 Å². The van der Waals surface area contributed by atoms with Gasteiger partial charge in [0.25, 0.3) is 0 Å². The molecule has 1 aliphatic heterocycles. The highest BCUT2D eigenvalue weighted by atomic mass is 19.4. The number of carbonyl (C=O) groups is 2. The van der Waals surface area contributed by atoms with Gasteiger partial charge in [0.2, 0.25) is 0 Å². The van der Waals surface area contributed by atoms with Crippen molar-refractivity contribution in [2.75, 3.05) is 20.3 Å². The van der Waals surface area contributed by atoms with Crippen molar-refractivity contribution in [1.29, 1.82) is 0 Å². The van der Waals surface area contributed by atoms with E-state index in [1.807, 2.05) is 0 Å². The number of alkyl halides is 6. The van der Waals surface area contributed by atoms with Crippen molar-refractivity contribution in [3.05, 3.63) is 0 Å². The lowest BCUT2D eigenvalue weighted by molar-refractivity contribution is -0.292. The summed E-state index contributed by atoms with van der Waals surface area (Å²) in [6.45, 7) is -4.27. The van der Waals surface area contributed by atoms with E-state index in [0.29, 0.717) is 0 Å². The van der Waals surface area contributed by atoms with E-state index < -0.39 is 80.5 Å². The minimum Gasteiger partial charge on any atom is -0.455 e. The molecular formula is C14H18F6O9. The number of halogens is 6. The molecule has 1 heterocycles. The zero-order valence-corrected chi connectivity index (χ0v) is 14.6. The molecule has 1 aliphatic rings. The van der Waals surface area contributed by atoms with Crippen molar-refractivity contribution >= 4 is 11.9 Å². The predicted octanol–water partition coefficient (Wildman–Crippen LogP) is -0.342. The summed E-state index contributed by atoms with van der Waals surface area (Å²) in [6, 6.07) is 0. The summed E-state index contributed by atoms with van der Waals surface area (Å²) in [4.78, 5) is 23.7. The summed E-state index contributed by atoms with van der Waals surface area (Å²) in [5.74, 6) is -6.14. The van der Waals surface area contributed by atoms with Crippen LogP contribution in [0, 0.1) is 5.92 Å². The quantitative estimate of drug-likeness (QED) is 0.274. The lowest BCUT2D eigenvalue weighted by Gasteiger charge is -2.40. The molecule has 0 bridgehead atoms. The highest BCUT2D eigenvalue weighted by molar-refractivity contribution is 5.95. The van der Waals surface area contributed by atoms with Gasteiger partial charge in [0.1, 0.15) is 18.3 Å². The fourth-order valence-corrected chi connectivity index (χ4v) is 2.33. The third-order valence-corrected chi connectivity index (χ3v) is 3.69. The van der Waals surface area contributed by atoms with Crippen LogP contribution < -0.4 is 0 Å². The van der Waals surface area contributed by atoms with Gasteiger partial charge in [0.15, 0.2) is 25.4 Å². The van der Waals surface area contributed by atoms with Gasteiger partial charge < -0.3 is 34.3 Å². The molecule has 0 saturated carbocycles. The van der Waals surface area contributed by atoms with E-state index in [4.69, 9.17) is 4.74 Å². The molecule has 3 N–H and O–H groups in total. The molecule has 0 aromatic heterocycles. The smallest absolute Gasteiger partial charge is 0.422 e. The Balaban J connectivity index is 2.97. The number of hydrogen-bond acceptors (Lipinski definition) is 9. The molecule has 9 nitrogen and oxygen atoms in total. The summed E-state index contributed by atoms with van der Waals surface area (Å²) in [5.41, 5.74) is 0. The number of methoxy groups -OCH3 is 1. The predicted molar refractivity (Wildman–Crippen MR) is 75.8 cm³/mol. The maximum atomic E-state index is 12.2. The van der Waals surface area contributed by atoms with Crippen LogP contribution in [-0.4, -0.2) is 90.6 Å². The molecule has 1 fully saturated rings. The maximum Gasteiger partial charge on any atom is 0.422 e. The van der Waals surface area contributed by atoms with Crippen LogP contribution in [0.3, 0.4) is 0 Å². The Morgan fingerprint density at radius 1 is 0.897 bits per heavy atom. The van der Waals surface area contributed by atoms with Crippen molar-refractivity contribution in [3.63, 3.8) is 0 Å². The molecule has 0 radical (unpaired) electrons. The number of carbonyl (C=O) groups excluding carboxylic acids is 2. The van der Waals surface area contributed by atoms with E-state index in [2.05, 4.69) is 14.2 Å². The Morgan fingerprint density at radius 3 is 1.72 bits per heavy atom. The molecule has 29 heavy (non-hydrogen) atoms. The number of esters is 2. The maximum absolute atomic E-state index is 12.2. The van der Waals surface area contributed by atoms with Crippen LogP contribution >= 0.6 is 0 Å². The molecule has 0 aromatic rings. The van der Waals surface area contributed by atoms with Crippen LogP contribution in [0.15, 0.2) is 0 Å². The Labute approximate surface area is 159 Å². The first kappa shape index (κ1) is 25.4. The van der Waals surface area contributed by atoms with Crippen molar-refractivity contribution in [2.24, 2.45) is 5.92 Å². The van der Waals surface area contributed by atoms with Gasteiger partial charge in [0.05, 0.1) is 6.10 Å². The SMILES string of the molecule is CO[C@@H]1OC(CC(C(=O)OCC(F)(F)F)C(=O)OCC(F)(F)F)[C@H](O)[C@H](O)C1O. The van der Waals surface area contributed by atoms with Crippen LogP contribution in [0.5, 0.6) is 0 Å². The second-order valence-corrected chi connectivity index (χ2v) is 5.98. The normalized spacial score (nSPS) is 28.3. The summed E-state index contributed by atoms with van der Waals surface area (Å²) in [7, 11) is 1.02. The van der Waals surface area contributed by atoms with Gasteiger partial charge in [-0.1, -0.05) is 0 Å². The highest BCUT2D eigenvalue weighted by Gasteiger charge is 2.47. The summed E-state index contributed by atoms with van der Waals surface area (Å²) >= 11 is 0. The number of aliphatic hydroxyl groups is 3. The van der Waals surface area contributed by atoms with Crippen molar-refractivity contribution in [3.8, 4) is 0 Å². The fraction of sp³-hybridized carbons (Fsp3) is 0.857. The largest absolute Gasteiger partial charge is 0.455 e. The Hall–Kier alpha value is -1.68. The second kappa shape index (κ2) is 9.88. The molecule has 170 valence electrons. The topological polar surface area (TPSA) is 132 Å². The molecule has 2 unspecified atom stereocenters. The van der Waals surface area contributed by atoms with Gasteiger partial charge in [-0.25, -0.2) is 0 Å². The Morgan fingerprint density at radius 2 is 1.34 bits per heavy atom. The first-order chi connectivity index (χ1) is 13.2. The van der Waals surface area contributed by atoms with Crippen molar-refractivity contribution in [2.45, 2.75) is 49.5 Å². The Bertz CT molecular complexity index is 535. The number of rotatable bonds is 7. The van der Waals surface area contributed by atoms with E-state index >= 15 is 0 Å². The third kappa shape index (κ3) is 7.93. The van der Waals surface area contributed by atoms with E-state index in [0.717, 1.165) is 7.11 Å². The average Bonchev–Trinajstić information content (AvgIpc) is 2.60. The lowest BCUT2D eigenvalue weighted by Crippen LogP contribution is -2.58. The van der Waals surface area contributed by atoms with E-state index in [9.17, 15) is 51.3 Å². The van der Waals surface area contributed by atoms with Gasteiger partial charge in [-0.3, -0.25) is 9.59 Å². The molecule has 15 heteroatoms. The van der Waals surface area contributed by atoms with Crippen LogP contribution in [-0.2, 0) is 28.5 Å². The average molecular weight is 444 g/mol. The molecule has 5 atom stereocenters. The van der Waals surface area contributed by atoms with Gasteiger partial charge in [-0.15, -0.1) is 0 Å². The van der Waals surface area contributed by atoms with Crippen LogP contribution in [0.2, 0.25) is 0 Å². The lowest BCUT2D eigenvalue weighted by atomic mass is 9.91. The monoisotopic (exact) mass is 444 g/mol. The zero-order valence-electron chi connectivity index (χ0n) is 14.6. The van der Waals surface area contributed by atoms with Crippen LogP contribution in [0.1, 0.15) is 6.42 Å². The van der Waals surface area contributed by atoms with Gasteiger partial charge in [0, 0.05) is 13.5 Å². The van der Waals surface area contributed by atoms with Crippen molar-refractivity contribution < 1.29 is 70.2 Å². The molecule has 0 amide bonds. The Kier molecular flexibility index (Phi) is 8.64. The number of aliphatic hydroxyl groups excluding tert-OH is 3. The fourth-order valence-electron chi connectivity index (χ4n) is 2.33. The molecular weight excluding hydrogens is 426 g/mol. The summed E-state index contributed by atoms with van der Waals surface area (Å²) in [5, 5.41) is 29.3. The molecule has 1 saturated heterocycles. The molecule has 1 rings (SSSR count). The minimum absolute atomic E-state index is 1.02.